The van der Waals surface area contributed by atoms with Gasteiger partial charge in [0.2, 0.25) is 0 Å². The van der Waals surface area contributed by atoms with E-state index in [1.54, 1.807) is 0 Å². The van der Waals surface area contributed by atoms with E-state index in [-0.39, 0.29) is 17.0 Å². The zero-order valence-corrected chi connectivity index (χ0v) is 8.39. The lowest BCUT2D eigenvalue weighted by atomic mass is 10.2. The Labute approximate surface area is 89.0 Å². The summed E-state index contributed by atoms with van der Waals surface area (Å²) in [5.74, 6) is -0.323. The molecular weight excluding hydrogens is 230 g/mol. The maximum absolute atomic E-state index is 12.4. The van der Waals surface area contributed by atoms with Gasteiger partial charge in [-0.1, -0.05) is 0 Å². The zero-order valence-electron chi connectivity index (χ0n) is 7.63. The minimum absolute atomic E-state index is 0.155. The van der Waals surface area contributed by atoms with Crippen LogP contribution in [0, 0.1) is 0 Å². The number of hydrogen-bond acceptors (Lipinski definition) is 4. The number of pyridine rings is 1. The largest absolute Gasteiger partial charge is 0.492 e. The normalized spacial score (nSPS) is 10.5. The molecule has 1 rings (SSSR count). The van der Waals surface area contributed by atoms with Crippen molar-refractivity contribution in [2.75, 3.05) is 12.8 Å². The molecule has 0 unspecified atom stereocenters. The fourth-order valence-electron chi connectivity index (χ4n) is 1.05. The Bertz CT molecular complexity index is 398. The number of hydrogen-bond donors (Lipinski definition) is 1. The highest BCUT2D eigenvalue weighted by Crippen LogP contribution is 2.34. The summed E-state index contributed by atoms with van der Waals surface area (Å²) in [7, 11) is 1.15. The maximum Gasteiger partial charge on any atom is 0.284 e. The minimum atomic E-state index is -2.83. The predicted octanol–water partition coefficient (Wildman–Crippen LogP) is 1.99. The summed E-state index contributed by atoms with van der Waals surface area (Å²) in [5.41, 5.74) is 4.43. The van der Waals surface area contributed by atoms with Crippen LogP contribution in [0.25, 0.3) is 0 Å². The molecule has 0 aromatic carbocycles. The third-order valence-corrected chi connectivity index (χ3v) is 1.93. The number of ether oxygens (including phenoxy) is 1. The first-order valence-electron chi connectivity index (χ1n) is 3.79. The van der Waals surface area contributed by atoms with Crippen LogP contribution in [0.5, 0.6) is 5.75 Å². The second-order valence-electron chi connectivity index (χ2n) is 2.58. The third kappa shape index (κ3) is 2.15. The van der Waals surface area contributed by atoms with E-state index in [4.69, 9.17) is 17.3 Å². The molecule has 2 N–H and O–H groups in total. The van der Waals surface area contributed by atoms with E-state index in [0.29, 0.717) is 0 Å². The van der Waals surface area contributed by atoms with Crippen molar-refractivity contribution in [2.45, 2.75) is 6.43 Å². The summed E-state index contributed by atoms with van der Waals surface area (Å²) >= 11 is 5.17. The maximum atomic E-state index is 12.4. The molecule has 0 aliphatic rings. The van der Waals surface area contributed by atoms with Gasteiger partial charge in [-0.3, -0.25) is 9.78 Å². The number of rotatable bonds is 3. The van der Waals surface area contributed by atoms with Crippen molar-refractivity contribution in [3.8, 4) is 5.75 Å². The first-order chi connectivity index (χ1) is 6.99. The summed E-state index contributed by atoms with van der Waals surface area (Å²) in [4.78, 5) is 14.2. The Hall–Kier alpha value is -1.43. The van der Waals surface area contributed by atoms with Crippen molar-refractivity contribution in [1.29, 1.82) is 0 Å². The minimum Gasteiger partial charge on any atom is -0.492 e. The van der Waals surface area contributed by atoms with E-state index in [1.807, 2.05) is 0 Å². The Balaban J connectivity index is 3.39. The Morgan fingerprint density at radius 3 is 2.67 bits per heavy atom. The van der Waals surface area contributed by atoms with E-state index in [0.717, 1.165) is 13.3 Å². The Kier molecular flexibility index (Phi) is 3.41. The third-order valence-electron chi connectivity index (χ3n) is 1.72. The number of halogens is 3. The van der Waals surface area contributed by atoms with Gasteiger partial charge in [-0.15, -0.1) is 0 Å². The topological polar surface area (TPSA) is 65.2 Å². The van der Waals surface area contributed by atoms with Gasteiger partial charge in [0.1, 0.15) is 0 Å². The highest BCUT2D eigenvalue weighted by Gasteiger charge is 2.22. The molecule has 1 heterocycles. The molecule has 0 bridgehead atoms. The fraction of sp³-hybridized carbons (Fsp3) is 0.250. The van der Waals surface area contributed by atoms with Gasteiger partial charge in [0.15, 0.2) is 11.4 Å². The lowest BCUT2D eigenvalue weighted by Crippen LogP contribution is -2.06. The molecule has 0 aliphatic heterocycles. The number of nitrogens with two attached hydrogens (primary N) is 1. The molecule has 0 aliphatic carbocycles. The fourth-order valence-corrected chi connectivity index (χ4v) is 1.20. The van der Waals surface area contributed by atoms with E-state index >= 15 is 0 Å². The average Bonchev–Trinajstić information content (AvgIpc) is 2.16. The van der Waals surface area contributed by atoms with Gasteiger partial charge < -0.3 is 10.5 Å². The molecule has 0 fully saturated rings. The van der Waals surface area contributed by atoms with Gasteiger partial charge >= 0.3 is 0 Å². The van der Waals surface area contributed by atoms with Gasteiger partial charge in [-0.05, 0) is 11.6 Å². The summed E-state index contributed by atoms with van der Waals surface area (Å²) in [6.07, 6.45) is -1.93. The number of carbonyl (C=O) groups is 1. The smallest absolute Gasteiger partial charge is 0.284 e. The number of methoxy groups -OCH3 is 1. The summed E-state index contributed by atoms with van der Waals surface area (Å²) in [5, 5.41) is -0.876. The SMILES string of the molecule is COc1c(C(F)F)ncc(C(=O)Cl)c1N. The van der Waals surface area contributed by atoms with Crippen LogP contribution in [0.15, 0.2) is 6.20 Å². The molecule has 0 saturated carbocycles. The van der Waals surface area contributed by atoms with Gasteiger partial charge in [0.25, 0.3) is 11.7 Å². The molecule has 0 amide bonds. The lowest BCUT2D eigenvalue weighted by molar-refractivity contribution is 0.108. The van der Waals surface area contributed by atoms with Gasteiger partial charge in [0, 0.05) is 6.20 Å². The molecule has 0 saturated heterocycles. The second-order valence-corrected chi connectivity index (χ2v) is 2.92. The van der Waals surface area contributed by atoms with Crippen molar-refractivity contribution in [2.24, 2.45) is 0 Å². The zero-order chi connectivity index (χ0) is 11.6. The number of nitrogens with zero attached hydrogens (tertiary/aromatic N) is 1. The number of nitrogen functional groups attached to an aromatic ring is 1. The molecule has 0 atom stereocenters. The molecule has 1 aromatic heterocycles. The highest BCUT2D eigenvalue weighted by atomic mass is 35.5. The first-order valence-corrected chi connectivity index (χ1v) is 4.17. The quantitative estimate of drug-likeness (QED) is 0.815. The van der Waals surface area contributed by atoms with Crippen molar-refractivity contribution in [1.82, 2.24) is 4.98 Å². The standard InChI is InChI=1S/C8H7ClF2N2O2/c1-15-6-4(12)3(7(9)14)2-13-5(6)8(10)11/h2,8H,1H3,(H2,12,13). The lowest BCUT2D eigenvalue weighted by Gasteiger charge is -2.11. The van der Waals surface area contributed by atoms with E-state index in [2.05, 4.69) is 9.72 Å². The summed E-state index contributed by atoms with van der Waals surface area (Å²) < 4.78 is 29.5. The molecular formula is C8H7ClF2N2O2. The number of carbonyl (C=O) groups excluding carboxylic acids is 1. The van der Waals surface area contributed by atoms with Crippen LogP contribution >= 0.6 is 11.6 Å². The van der Waals surface area contributed by atoms with Crippen LogP contribution in [0.2, 0.25) is 0 Å². The first kappa shape index (κ1) is 11.6. The van der Waals surface area contributed by atoms with Crippen molar-refractivity contribution >= 4 is 22.5 Å². The Morgan fingerprint density at radius 1 is 1.67 bits per heavy atom. The molecule has 7 heteroatoms. The molecule has 4 nitrogen and oxygen atoms in total. The monoisotopic (exact) mass is 236 g/mol. The van der Waals surface area contributed by atoms with Crippen molar-refractivity contribution in [3.63, 3.8) is 0 Å². The van der Waals surface area contributed by atoms with E-state index in [1.165, 1.54) is 0 Å². The predicted molar refractivity (Wildman–Crippen MR) is 50.3 cm³/mol. The molecule has 15 heavy (non-hydrogen) atoms. The Morgan fingerprint density at radius 2 is 2.27 bits per heavy atom. The molecule has 0 spiro atoms. The molecule has 1 aromatic rings. The van der Waals surface area contributed by atoms with E-state index < -0.39 is 17.4 Å². The average molecular weight is 237 g/mol. The number of alkyl halides is 2. The van der Waals surface area contributed by atoms with Gasteiger partial charge in [0.05, 0.1) is 18.4 Å². The van der Waals surface area contributed by atoms with Crippen LogP contribution in [0.3, 0.4) is 0 Å². The van der Waals surface area contributed by atoms with Gasteiger partial charge in [-0.25, -0.2) is 8.78 Å². The van der Waals surface area contributed by atoms with Crippen LogP contribution in [-0.4, -0.2) is 17.3 Å². The van der Waals surface area contributed by atoms with Gasteiger partial charge in [-0.2, -0.15) is 0 Å². The number of anilines is 1. The highest BCUT2D eigenvalue weighted by molar-refractivity contribution is 6.68. The van der Waals surface area contributed by atoms with Crippen molar-refractivity contribution < 1.29 is 18.3 Å². The van der Waals surface area contributed by atoms with Crippen LogP contribution in [-0.2, 0) is 0 Å². The van der Waals surface area contributed by atoms with Crippen LogP contribution < -0.4 is 10.5 Å². The van der Waals surface area contributed by atoms with Crippen LogP contribution in [0.1, 0.15) is 22.5 Å². The number of aromatic nitrogens is 1. The van der Waals surface area contributed by atoms with E-state index in [9.17, 15) is 13.6 Å². The van der Waals surface area contributed by atoms with Crippen molar-refractivity contribution in [3.05, 3.63) is 17.5 Å². The summed E-state index contributed by atoms with van der Waals surface area (Å²) in [6.45, 7) is 0. The molecule has 0 radical (unpaired) electrons. The summed E-state index contributed by atoms with van der Waals surface area (Å²) in [6, 6.07) is 0. The molecule has 82 valence electrons. The van der Waals surface area contributed by atoms with Crippen LogP contribution in [0.4, 0.5) is 14.5 Å². The second kappa shape index (κ2) is 4.39.